The lowest BCUT2D eigenvalue weighted by molar-refractivity contribution is -0.111. The lowest BCUT2D eigenvalue weighted by atomic mass is 9.96. The molecule has 188 valence electrons. The number of nitrogens with one attached hydrogen (secondary N) is 1. The van der Waals surface area contributed by atoms with Gasteiger partial charge < -0.3 is 20.2 Å². The van der Waals surface area contributed by atoms with Crippen molar-refractivity contribution in [1.82, 2.24) is 19.4 Å². The number of primary amides is 1. The third-order valence-electron chi connectivity index (χ3n) is 5.93. The van der Waals surface area contributed by atoms with Crippen molar-refractivity contribution in [3.63, 3.8) is 0 Å². The Morgan fingerprint density at radius 2 is 1.68 bits per heavy atom. The third-order valence-corrected chi connectivity index (χ3v) is 5.93. The lowest BCUT2D eigenvalue weighted by Crippen LogP contribution is -2.12. The summed E-state index contributed by atoms with van der Waals surface area (Å²) in [5, 5.41) is 2.74. The van der Waals surface area contributed by atoms with Crippen LogP contribution in [0.2, 0.25) is 0 Å². The Hall–Kier alpha value is -5.31. The number of ether oxygens (including phenoxy) is 1. The normalized spacial score (nSPS) is 10.8. The molecule has 0 bridgehead atoms. The van der Waals surface area contributed by atoms with Gasteiger partial charge in [-0.3, -0.25) is 14.6 Å². The summed E-state index contributed by atoms with van der Waals surface area (Å²) in [4.78, 5) is 37.3. The van der Waals surface area contributed by atoms with Crippen LogP contribution in [0.25, 0.3) is 27.9 Å². The van der Waals surface area contributed by atoms with E-state index in [1.54, 1.807) is 42.7 Å². The number of amides is 2. The molecule has 0 fully saturated rings. The van der Waals surface area contributed by atoms with Gasteiger partial charge in [-0.15, -0.1) is 0 Å². The van der Waals surface area contributed by atoms with Crippen LogP contribution in [0, 0.1) is 13.8 Å². The van der Waals surface area contributed by atoms with Gasteiger partial charge in [0.25, 0.3) is 5.91 Å². The number of carbonyl (C=O) groups excluding carboxylic acids is 2. The van der Waals surface area contributed by atoms with E-state index in [4.69, 9.17) is 10.5 Å². The minimum absolute atomic E-state index is 0.246. The largest absolute Gasteiger partial charge is 0.424 e. The molecule has 3 aromatic heterocycles. The molecule has 3 N–H and O–H groups in total. The molecule has 3 heterocycles. The maximum absolute atomic E-state index is 12.8. The summed E-state index contributed by atoms with van der Waals surface area (Å²) in [6.07, 6.45) is 6.35. The molecule has 5 aromatic rings. The molecule has 0 aliphatic carbocycles. The van der Waals surface area contributed by atoms with Gasteiger partial charge in [-0.1, -0.05) is 30.8 Å². The smallest absolute Gasteiger partial charge is 0.322 e. The number of carbonyl (C=O) groups is 2. The minimum Gasteiger partial charge on any atom is -0.424 e. The summed E-state index contributed by atoms with van der Waals surface area (Å²) in [6, 6.07) is 16.6. The van der Waals surface area contributed by atoms with Crippen molar-refractivity contribution >= 4 is 23.0 Å². The second kappa shape index (κ2) is 9.98. The molecule has 0 radical (unpaired) electrons. The van der Waals surface area contributed by atoms with Crippen molar-refractivity contribution in [2.24, 2.45) is 5.73 Å². The van der Waals surface area contributed by atoms with E-state index in [-0.39, 0.29) is 11.9 Å². The quantitative estimate of drug-likeness (QED) is 0.298. The van der Waals surface area contributed by atoms with Crippen molar-refractivity contribution in [3.8, 4) is 34.1 Å². The number of aryl methyl sites for hydroxylation is 2. The summed E-state index contributed by atoms with van der Waals surface area (Å²) >= 11 is 0. The summed E-state index contributed by atoms with van der Waals surface area (Å²) in [6.45, 7) is 7.22. The number of anilines is 1. The van der Waals surface area contributed by atoms with Gasteiger partial charge >= 0.3 is 6.01 Å². The van der Waals surface area contributed by atoms with E-state index in [9.17, 15) is 9.59 Å². The lowest BCUT2D eigenvalue weighted by Gasteiger charge is -2.11. The molecular formula is C29H24N6O3. The van der Waals surface area contributed by atoms with Crippen LogP contribution in [0.3, 0.4) is 0 Å². The Labute approximate surface area is 218 Å². The van der Waals surface area contributed by atoms with Crippen LogP contribution in [0.4, 0.5) is 5.69 Å². The van der Waals surface area contributed by atoms with Crippen LogP contribution in [0.5, 0.6) is 11.8 Å². The highest BCUT2D eigenvalue weighted by Gasteiger charge is 2.24. The van der Waals surface area contributed by atoms with Gasteiger partial charge in [0.15, 0.2) is 0 Å². The molecule has 0 saturated carbocycles. The third kappa shape index (κ3) is 4.72. The van der Waals surface area contributed by atoms with Crippen molar-refractivity contribution < 1.29 is 14.3 Å². The van der Waals surface area contributed by atoms with E-state index < -0.39 is 5.91 Å². The number of nitrogens with two attached hydrogens (primary N) is 1. The maximum atomic E-state index is 12.8. The maximum Gasteiger partial charge on any atom is 0.322 e. The molecule has 0 aliphatic rings. The zero-order chi connectivity index (χ0) is 26.8. The Kier molecular flexibility index (Phi) is 6.40. The highest BCUT2D eigenvalue weighted by atomic mass is 16.5. The van der Waals surface area contributed by atoms with Gasteiger partial charge in [0.2, 0.25) is 5.91 Å². The van der Waals surface area contributed by atoms with Gasteiger partial charge in [0.1, 0.15) is 5.75 Å². The number of rotatable bonds is 7. The van der Waals surface area contributed by atoms with Crippen molar-refractivity contribution in [2.45, 2.75) is 13.8 Å². The molecule has 9 heteroatoms. The monoisotopic (exact) mass is 504 g/mol. The first-order valence-electron chi connectivity index (χ1n) is 11.8. The summed E-state index contributed by atoms with van der Waals surface area (Å²) in [5.41, 5.74) is 12.0. The Morgan fingerprint density at radius 3 is 2.34 bits per heavy atom. The van der Waals surface area contributed by atoms with E-state index in [0.717, 1.165) is 28.2 Å². The van der Waals surface area contributed by atoms with Crippen LogP contribution in [0.1, 0.15) is 21.7 Å². The second-order valence-electron chi connectivity index (χ2n) is 8.62. The molecule has 2 amide bonds. The molecule has 5 rings (SSSR count). The molecule has 0 spiro atoms. The molecular weight excluding hydrogens is 480 g/mol. The van der Waals surface area contributed by atoms with Crippen LogP contribution in [-0.4, -0.2) is 31.2 Å². The van der Waals surface area contributed by atoms with Gasteiger partial charge in [0.05, 0.1) is 28.7 Å². The molecule has 38 heavy (non-hydrogen) atoms. The van der Waals surface area contributed by atoms with E-state index in [2.05, 4.69) is 26.8 Å². The number of aromatic nitrogens is 4. The van der Waals surface area contributed by atoms with E-state index in [1.165, 1.54) is 6.08 Å². The molecule has 9 nitrogen and oxygen atoms in total. The first-order chi connectivity index (χ1) is 18.3. The fourth-order valence-corrected chi connectivity index (χ4v) is 4.24. The van der Waals surface area contributed by atoms with Crippen LogP contribution >= 0.6 is 0 Å². The molecule has 2 aromatic carbocycles. The van der Waals surface area contributed by atoms with E-state index in [0.29, 0.717) is 28.1 Å². The van der Waals surface area contributed by atoms with Crippen molar-refractivity contribution in [2.75, 3.05) is 5.32 Å². The highest BCUT2D eigenvalue weighted by molar-refractivity contribution is 6.10. The Morgan fingerprint density at radius 1 is 0.974 bits per heavy atom. The van der Waals surface area contributed by atoms with Crippen LogP contribution in [0.15, 0.2) is 85.8 Å². The average molecular weight is 505 g/mol. The Balaban J connectivity index is 1.64. The molecule has 0 atom stereocenters. The first kappa shape index (κ1) is 24.4. The average Bonchev–Trinajstić information content (AvgIpc) is 3.24. The standard InChI is InChI=1S/C29H24N6O3/c1-4-24(36)34-21-9-5-20(6-10-21)27-25(26(28(30)37)23-15-32-18(3)16-35(23)27)19-7-11-22(12-8-19)38-29-31-14-13-17(2)33-29/h4-16H,1H2,2-3H3,(H2,30,37)(H,34,36). The van der Waals surface area contributed by atoms with Crippen molar-refractivity contribution in [1.29, 1.82) is 0 Å². The van der Waals surface area contributed by atoms with Gasteiger partial charge in [-0.2, -0.15) is 0 Å². The first-order valence-corrected chi connectivity index (χ1v) is 11.8. The fourth-order valence-electron chi connectivity index (χ4n) is 4.24. The summed E-state index contributed by atoms with van der Waals surface area (Å²) < 4.78 is 7.72. The van der Waals surface area contributed by atoms with Gasteiger partial charge in [-0.25, -0.2) is 9.97 Å². The number of hydrogen-bond donors (Lipinski definition) is 2. The minimum atomic E-state index is -0.572. The van der Waals surface area contributed by atoms with Gasteiger partial charge in [-0.05, 0) is 61.4 Å². The number of hydrogen-bond acceptors (Lipinski definition) is 6. The fraction of sp³-hybridized carbons (Fsp3) is 0.0690. The number of nitrogens with zero attached hydrogens (tertiary/aromatic N) is 4. The van der Waals surface area contributed by atoms with Crippen LogP contribution < -0.4 is 15.8 Å². The van der Waals surface area contributed by atoms with E-state index >= 15 is 0 Å². The SMILES string of the molecule is C=CC(=O)Nc1ccc(-c2c(-c3ccc(Oc4nccc(C)n4)cc3)c(C(N)=O)c3cnc(C)cn23)cc1. The van der Waals surface area contributed by atoms with Crippen LogP contribution in [-0.2, 0) is 4.79 Å². The predicted octanol–water partition coefficient (Wildman–Crippen LogP) is 5.09. The second-order valence-corrected chi connectivity index (χ2v) is 8.62. The predicted molar refractivity (Wildman–Crippen MR) is 145 cm³/mol. The number of fused-ring (bicyclic) bond motifs is 1. The summed E-state index contributed by atoms with van der Waals surface area (Å²) in [7, 11) is 0. The highest BCUT2D eigenvalue weighted by Crippen LogP contribution is 2.40. The number of benzene rings is 2. The zero-order valence-electron chi connectivity index (χ0n) is 20.8. The van der Waals surface area contributed by atoms with Gasteiger partial charge in [0, 0.05) is 29.3 Å². The van der Waals surface area contributed by atoms with E-state index in [1.807, 2.05) is 48.7 Å². The summed E-state index contributed by atoms with van der Waals surface area (Å²) in [5.74, 6) is -0.328. The molecule has 0 saturated heterocycles. The molecule has 0 aliphatic heterocycles. The molecule has 0 unspecified atom stereocenters. The topological polar surface area (TPSA) is 124 Å². The zero-order valence-corrected chi connectivity index (χ0v) is 20.8. The van der Waals surface area contributed by atoms with Crippen molar-refractivity contribution in [3.05, 3.63) is 103 Å². The Bertz CT molecular complexity index is 1690.